The first-order valence-electron chi connectivity index (χ1n) is 6.08. The molecule has 0 saturated carbocycles. The number of H-pyrrole nitrogens is 1. The molecule has 0 fully saturated rings. The molecular formula is C15H8N4O. The number of nitrogens with zero attached hydrogens (tertiary/aromatic N) is 3. The van der Waals surface area contributed by atoms with Gasteiger partial charge >= 0.3 is 0 Å². The fourth-order valence-electron chi connectivity index (χ4n) is 2.34. The lowest BCUT2D eigenvalue weighted by atomic mass is 10.0. The monoisotopic (exact) mass is 260 g/mol. The molecule has 0 saturated heterocycles. The normalized spacial score (nSPS) is 10.9. The lowest BCUT2D eigenvalue weighted by molar-refractivity contribution is 0.620. The molecule has 20 heavy (non-hydrogen) atoms. The average molecular weight is 260 g/mol. The smallest absolute Gasteiger partial charge is 0.230 e. The van der Waals surface area contributed by atoms with Crippen LogP contribution in [0.4, 0.5) is 0 Å². The SMILES string of the molecule is N#Cc1cc2oc(-c3cn[nH]c3)nc2c2ccccc12. The summed E-state index contributed by atoms with van der Waals surface area (Å²) in [5.74, 6) is 0.494. The molecule has 4 rings (SSSR count). The number of hydrogen-bond acceptors (Lipinski definition) is 4. The summed E-state index contributed by atoms with van der Waals surface area (Å²) in [7, 11) is 0. The molecule has 0 aliphatic carbocycles. The van der Waals surface area contributed by atoms with Gasteiger partial charge in [-0.1, -0.05) is 24.3 Å². The van der Waals surface area contributed by atoms with E-state index in [2.05, 4.69) is 21.3 Å². The molecule has 4 aromatic rings. The molecule has 5 nitrogen and oxygen atoms in total. The number of hydrogen-bond donors (Lipinski definition) is 1. The van der Waals surface area contributed by atoms with Crippen molar-refractivity contribution in [2.45, 2.75) is 0 Å². The number of oxazole rings is 1. The Morgan fingerprint density at radius 1 is 1.20 bits per heavy atom. The number of benzene rings is 2. The Balaban J connectivity index is 2.12. The maximum atomic E-state index is 9.26. The van der Waals surface area contributed by atoms with Gasteiger partial charge in [-0.3, -0.25) is 5.10 Å². The molecule has 94 valence electrons. The van der Waals surface area contributed by atoms with Crippen LogP contribution in [-0.2, 0) is 0 Å². The summed E-state index contributed by atoms with van der Waals surface area (Å²) in [6.45, 7) is 0. The minimum Gasteiger partial charge on any atom is -0.436 e. The zero-order valence-corrected chi connectivity index (χ0v) is 10.3. The highest BCUT2D eigenvalue weighted by molar-refractivity contribution is 6.06. The number of aromatic amines is 1. The number of nitrogens with one attached hydrogen (secondary N) is 1. The third-order valence-corrected chi connectivity index (χ3v) is 3.27. The van der Waals surface area contributed by atoms with Crippen LogP contribution in [0.5, 0.6) is 0 Å². The zero-order valence-electron chi connectivity index (χ0n) is 10.3. The second-order valence-corrected chi connectivity index (χ2v) is 4.43. The van der Waals surface area contributed by atoms with Gasteiger partial charge in [0, 0.05) is 23.0 Å². The van der Waals surface area contributed by atoms with Gasteiger partial charge < -0.3 is 4.42 Å². The van der Waals surface area contributed by atoms with Gasteiger partial charge in [0.05, 0.1) is 23.4 Å². The number of nitriles is 1. The summed E-state index contributed by atoms with van der Waals surface area (Å²) in [6.07, 6.45) is 3.37. The molecule has 5 heteroatoms. The lowest BCUT2D eigenvalue weighted by Gasteiger charge is -1.99. The van der Waals surface area contributed by atoms with Crippen LogP contribution < -0.4 is 0 Å². The van der Waals surface area contributed by atoms with Crippen molar-refractivity contribution in [3.05, 3.63) is 48.3 Å². The summed E-state index contributed by atoms with van der Waals surface area (Å²) in [5.41, 5.74) is 2.74. The van der Waals surface area contributed by atoms with Crippen LogP contribution in [0.3, 0.4) is 0 Å². The van der Waals surface area contributed by atoms with Gasteiger partial charge in [0.25, 0.3) is 0 Å². The van der Waals surface area contributed by atoms with Crippen molar-refractivity contribution in [3.8, 4) is 17.5 Å². The van der Waals surface area contributed by atoms with Crippen LogP contribution in [0.15, 0.2) is 47.1 Å². The van der Waals surface area contributed by atoms with E-state index in [0.717, 1.165) is 21.9 Å². The van der Waals surface area contributed by atoms with Gasteiger partial charge in [-0.25, -0.2) is 4.98 Å². The summed E-state index contributed by atoms with van der Waals surface area (Å²) in [5, 5.41) is 17.7. The van der Waals surface area contributed by atoms with E-state index >= 15 is 0 Å². The van der Waals surface area contributed by atoms with Crippen LogP contribution in [0, 0.1) is 11.3 Å². The van der Waals surface area contributed by atoms with E-state index < -0.39 is 0 Å². The fraction of sp³-hybridized carbons (Fsp3) is 0. The second kappa shape index (κ2) is 3.93. The first kappa shape index (κ1) is 10.8. The van der Waals surface area contributed by atoms with Gasteiger partial charge in [-0.2, -0.15) is 10.4 Å². The Kier molecular flexibility index (Phi) is 2.12. The topological polar surface area (TPSA) is 78.5 Å². The number of fused-ring (bicyclic) bond motifs is 3. The van der Waals surface area contributed by atoms with Gasteiger partial charge in [0.1, 0.15) is 5.52 Å². The lowest BCUT2D eigenvalue weighted by Crippen LogP contribution is -1.81. The van der Waals surface area contributed by atoms with Crippen molar-refractivity contribution in [2.75, 3.05) is 0 Å². The molecule has 0 atom stereocenters. The molecule has 0 bridgehead atoms. The van der Waals surface area contributed by atoms with E-state index in [1.807, 2.05) is 24.3 Å². The molecule has 0 radical (unpaired) electrons. The highest BCUT2D eigenvalue weighted by Crippen LogP contribution is 2.31. The van der Waals surface area contributed by atoms with Gasteiger partial charge in [0.2, 0.25) is 5.89 Å². The highest BCUT2D eigenvalue weighted by atomic mass is 16.3. The van der Waals surface area contributed by atoms with Crippen LogP contribution in [0.25, 0.3) is 33.3 Å². The minimum atomic E-state index is 0.494. The number of aromatic nitrogens is 3. The number of rotatable bonds is 1. The fourth-order valence-corrected chi connectivity index (χ4v) is 2.34. The maximum absolute atomic E-state index is 9.26. The van der Waals surface area contributed by atoms with E-state index in [-0.39, 0.29) is 0 Å². The molecule has 0 amide bonds. The third-order valence-electron chi connectivity index (χ3n) is 3.27. The van der Waals surface area contributed by atoms with Gasteiger partial charge in [-0.15, -0.1) is 0 Å². The van der Waals surface area contributed by atoms with Gasteiger partial charge in [0.15, 0.2) is 5.58 Å². The van der Waals surface area contributed by atoms with Crippen molar-refractivity contribution in [3.63, 3.8) is 0 Å². The molecule has 2 aromatic heterocycles. The maximum Gasteiger partial charge on any atom is 0.230 e. The predicted octanol–water partition coefficient (Wildman–Crippen LogP) is 3.24. The summed E-state index contributed by atoms with van der Waals surface area (Å²) in [4.78, 5) is 4.52. The highest BCUT2D eigenvalue weighted by Gasteiger charge is 2.14. The molecular weight excluding hydrogens is 252 g/mol. The second-order valence-electron chi connectivity index (χ2n) is 4.43. The van der Waals surface area contributed by atoms with Crippen molar-refractivity contribution >= 4 is 21.9 Å². The van der Waals surface area contributed by atoms with E-state index in [4.69, 9.17) is 4.42 Å². The molecule has 2 aromatic carbocycles. The summed E-state index contributed by atoms with van der Waals surface area (Å²) < 4.78 is 5.74. The molecule has 0 unspecified atom stereocenters. The summed E-state index contributed by atoms with van der Waals surface area (Å²) >= 11 is 0. The van der Waals surface area contributed by atoms with E-state index in [1.54, 1.807) is 18.5 Å². The van der Waals surface area contributed by atoms with Crippen molar-refractivity contribution in [1.29, 1.82) is 5.26 Å². The Morgan fingerprint density at radius 3 is 2.80 bits per heavy atom. The predicted molar refractivity (Wildman–Crippen MR) is 73.8 cm³/mol. The van der Waals surface area contributed by atoms with E-state index in [1.165, 1.54) is 0 Å². The Hall–Kier alpha value is -3.13. The van der Waals surface area contributed by atoms with Crippen LogP contribution >= 0.6 is 0 Å². The Labute approximate surface area is 113 Å². The Morgan fingerprint density at radius 2 is 2.05 bits per heavy atom. The molecule has 2 heterocycles. The van der Waals surface area contributed by atoms with Crippen LogP contribution in [0.1, 0.15) is 5.56 Å². The van der Waals surface area contributed by atoms with Crippen molar-refractivity contribution in [2.24, 2.45) is 0 Å². The van der Waals surface area contributed by atoms with Crippen LogP contribution in [-0.4, -0.2) is 15.2 Å². The van der Waals surface area contributed by atoms with Crippen molar-refractivity contribution < 1.29 is 4.42 Å². The molecule has 0 aliphatic rings. The van der Waals surface area contributed by atoms with Crippen molar-refractivity contribution in [1.82, 2.24) is 15.2 Å². The molecule has 1 N–H and O–H groups in total. The molecule has 0 aliphatic heterocycles. The Bertz CT molecular complexity index is 961. The zero-order chi connectivity index (χ0) is 13.5. The quantitative estimate of drug-likeness (QED) is 0.569. The molecule has 0 spiro atoms. The third kappa shape index (κ3) is 1.42. The minimum absolute atomic E-state index is 0.494. The van der Waals surface area contributed by atoms with E-state index in [0.29, 0.717) is 17.0 Å². The first-order chi connectivity index (χ1) is 9.86. The summed E-state index contributed by atoms with van der Waals surface area (Å²) in [6, 6.07) is 11.6. The van der Waals surface area contributed by atoms with Crippen LogP contribution in [0.2, 0.25) is 0 Å². The van der Waals surface area contributed by atoms with E-state index in [9.17, 15) is 5.26 Å². The first-order valence-corrected chi connectivity index (χ1v) is 6.08. The average Bonchev–Trinajstić information content (AvgIpc) is 3.15. The van der Waals surface area contributed by atoms with Gasteiger partial charge in [-0.05, 0) is 0 Å². The largest absolute Gasteiger partial charge is 0.436 e. The standard InChI is InChI=1S/C15H8N4O/c16-6-9-5-13-14(12-4-2-1-3-11(9)12)19-15(20-13)10-7-17-18-8-10/h1-5,7-8H,(H,17,18).